The highest BCUT2D eigenvalue weighted by atomic mass is 79.9. The first-order valence-electron chi connectivity index (χ1n) is 5.78. The van der Waals surface area contributed by atoms with Crippen LogP contribution in [0.25, 0.3) is 0 Å². The van der Waals surface area contributed by atoms with Gasteiger partial charge in [0.05, 0.1) is 18.8 Å². The summed E-state index contributed by atoms with van der Waals surface area (Å²) in [5, 5.41) is 12.9. The zero-order valence-electron chi connectivity index (χ0n) is 10.5. The summed E-state index contributed by atoms with van der Waals surface area (Å²) in [6, 6.07) is 6.08. The number of hydrogen-bond acceptors (Lipinski definition) is 3. The van der Waals surface area contributed by atoms with Gasteiger partial charge in [0.2, 0.25) is 0 Å². The zero-order valence-corrected chi connectivity index (χ0v) is 12.1. The molecule has 1 atom stereocenters. The standard InChI is InChI=1S/C13H20BrNO2/c1-9(2)17-8-13(16)7-15-12-5-10(3)4-11(14)6-12/h4-6,9,13,15-16H,7-8H2,1-3H3. The fourth-order valence-corrected chi connectivity index (χ4v) is 2.04. The summed E-state index contributed by atoms with van der Waals surface area (Å²) in [5.41, 5.74) is 2.18. The average molecular weight is 302 g/mol. The van der Waals surface area contributed by atoms with Gasteiger partial charge in [-0.15, -0.1) is 0 Å². The normalized spacial score (nSPS) is 12.8. The molecular weight excluding hydrogens is 282 g/mol. The van der Waals surface area contributed by atoms with Crippen LogP contribution in [0.3, 0.4) is 0 Å². The number of aryl methyl sites for hydroxylation is 1. The maximum atomic E-state index is 9.70. The van der Waals surface area contributed by atoms with E-state index in [0.717, 1.165) is 10.2 Å². The largest absolute Gasteiger partial charge is 0.389 e. The summed E-state index contributed by atoms with van der Waals surface area (Å²) in [6.07, 6.45) is -0.338. The van der Waals surface area contributed by atoms with Crippen molar-refractivity contribution in [3.8, 4) is 0 Å². The van der Waals surface area contributed by atoms with Crippen LogP contribution in [0.5, 0.6) is 0 Å². The summed E-state index contributed by atoms with van der Waals surface area (Å²) in [7, 11) is 0. The molecule has 96 valence electrons. The van der Waals surface area contributed by atoms with Crippen molar-refractivity contribution in [3.63, 3.8) is 0 Å². The van der Waals surface area contributed by atoms with Gasteiger partial charge >= 0.3 is 0 Å². The van der Waals surface area contributed by atoms with Gasteiger partial charge in [-0.1, -0.05) is 15.9 Å². The quantitative estimate of drug-likeness (QED) is 0.849. The van der Waals surface area contributed by atoms with E-state index in [4.69, 9.17) is 4.74 Å². The molecule has 0 aliphatic rings. The predicted octanol–water partition coefficient (Wildman–Crippen LogP) is 2.96. The molecular formula is C13H20BrNO2. The second kappa shape index (κ2) is 6.99. The Morgan fingerprint density at radius 1 is 1.35 bits per heavy atom. The Labute approximate surface area is 111 Å². The van der Waals surface area contributed by atoms with E-state index in [0.29, 0.717) is 13.2 Å². The van der Waals surface area contributed by atoms with E-state index < -0.39 is 6.10 Å². The molecule has 0 bridgehead atoms. The number of aliphatic hydroxyl groups is 1. The van der Waals surface area contributed by atoms with Gasteiger partial charge in [-0.05, 0) is 44.5 Å². The Bertz CT molecular complexity index is 335. The molecule has 3 nitrogen and oxygen atoms in total. The van der Waals surface area contributed by atoms with Crippen molar-refractivity contribution in [2.45, 2.75) is 33.0 Å². The van der Waals surface area contributed by atoms with E-state index in [1.54, 1.807) is 0 Å². The lowest BCUT2D eigenvalue weighted by Gasteiger charge is -2.15. The van der Waals surface area contributed by atoms with Crippen LogP contribution in [0.4, 0.5) is 5.69 Å². The molecule has 0 aromatic heterocycles. The van der Waals surface area contributed by atoms with Crippen molar-refractivity contribution in [3.05, 3.63) is 28.2 Å². The second-order valence-corrected chi connectivity index (χ2v) is 5.35. The number of nitrogens with one attached hydrogen (secondary N) is 1. The number of aliphatic hydroxyl groups excluding tert-OH is 1. The molecule has 0 spiro atoms. The fourth-order valence-electron chi connectivity index (χ4n) is 1.44. The number of halogens is 1. The van der Waals surface area contributed by atoms with Gasteiger partial charge in [0, 0.05) is 16.7 Å². The van der Waals surface area contributed by atoms with Crippen molar-refractivity contribution in [2.75, 3.05) is 18.5 Å². The Morgan fingerprint density at radius 3 is 2.65 bits per heavy atom. The van der Waals surface area contributed by atoms with Crippen LogP contribution >= 0.6 is 15.9 Å². The maximum Gasteiger partial charge on any atom is 0.0945 e. The van der Waals surface area contributed by atoms with Gasteiger partial charge in [-0.2, -0.15) is 0 Å². The van der Waals surface area contributed by atoms with E-state index in [1.165, 1.54) is 5.56 Å². The van der Waals surface area contributed by atoms with Gasteiger partial charge in [0.15, 0.2) is 0 Å². The topological polar surface area (TPSA) is 41.5 Å². The molecule has 1 rings (SSSR count). The van der Waals surface area contributed by atoms with Gasteiger partial charge < -0.3 is 15.2 Å². The molecule has 0 fully saturated rings. The van der Waals surface area contributed by atoms with Crippen molar-refractivity contribution in [1.82, 2.24) is 0 Å². The van der Waals surface area contributed by atoms with E-state index in [2.05, 4.69) is 21.2 Å². The highest BCUT2D eigenvalue weighted by molar-refractivity contribution is 9.10. The molecule has 0 aliphatic heterocycles. The van der Waals surface area contributed by atoms with Gasteiger partial charge in [-0.25, -0.2) is 0 Å². The molecule has 0 aliphatic carbocycles. The average Bonchev–Trinajstić information content (AvgIpc) is 2.22. The number of ether oxygens (including phenoxy) is 1. The van der Waals surface area contributed by atoms with Crippen LogP contribution < -0.4 is 5.32 Å². The minimum Gasteiger partial charge on any atom is -0.389 e. The van der Waals surface area contributed by atoms with Crippen molar-refractivity contribution < 1.29 is 9.84 Å². The van der Waals surface area contributed by atoms with Crippen LogP contribution in [-0.2, 0) is 4.74 Å². The lowest BCUT2D eigenvalue weighted by Crippen LogP contribution is -2.26. The molecule has 1 aromatic carbocycles. The molecule has 17 heavy (non-hydrogen) atoms. The Hall–Kier alpha value is -0.580. The van der Waals surface area contributed by atoms with E-state index in [-0.39, 0.29) is 6.10 Å². The summed E-state index contributed by atoms with van der Waals surface area (Å²) in [6.45, 7) is 6.80. The third kappa shape index (κ3) is 6.05. The third-order valence-corrected chi connectivity index (χ3v) is 2.66. The van der Waals surface area contributed by atoms with Crippen LogP contribution in [0, 0.1) is 6.92 Å². The first-order chi connectivity index (χ1) is 7.97. The summed E-state index contributed by atoms with van der Waals surface area (Å²) in [5.74, 6) is 0. The minimum atomic E-state index is -0.489. The minimum absolute atomic E-state index is 0.151. The van der Waals surface area contributed by atoms with Crippen LogP contribution in [-0.4, -0.2) is 30.5 Å². The Balaban J connectivity index is 2.39. The van der Waals surface area contributed by atoms with Gasteiger partial charge in [-0.3, -0.25) is 0 Å². The molecule has 1 unspecified atom stereocenters. The lowest BCUT2D eigenvalue weighted by molar-refractivity contribution is 0.0112. The van der Waals surface area contributed by atoms with Crippen molar-refractivity contribution in [2.24, 2.45) is 0 Å². The van der Waals surface area contributed by atoms with E-state index >= 15 is 0 Å². The van der Waals surface area contributed by atoms with Crippen LogP contribution in [0.15, 0.2) is 22.7 Å². The van der Waals surface area contributed by atoms with Gasteiger partial charge in [0.1, 0.15) is 0 Å². The first kappa shape index (κ1) is 14.5. The predicted molar refractivity (Wildman–Crippen MR) is 74.5 cm³/mol. The molecule has 1 aromatic rings. The number of rotatable bonds is 6. The van der Waals surface area contributed by atoms with Crippen LogP contribution in [0.2, 0.25) is 0 Å². The first-order valence-corrected chi connectivity index (χ1v) is 6.57. The van der Waals surface area contributed by atoms with Crippen LogP contribution in [0.1, 0.15) is 19.4 Å². The summed E-state index contributed by atoms with van der Waals surface area (Å²) >= 11 is 3.44. The molecule has 0 radical (unpaired) electrons. The van der Waals surface area contributed by atoms with Gasteiger partial charge in [0.25, 0.3) is 0 Å². The fraction of sp³-hybridized carbons (Fsp3) is 0.538. The van der Waals surface area contributed by atoms with E-state index in [1.807, 2.05) is 39.0 Å². The second-order valence-electron chi connectivity index (χ2n) is 4.43. The summed E-state index contributed by atoms with van der Waals surface area (Å²) < 4.78 is 6.38. The lowest BCUT2D eigenvalue weighted by atomic mass is 10.2. The molecule has 0 heterocycles. The SMILES string of the molecule is Cc1cc(Br)cc(NCC(O)COC(C)C)c1. The smallest absolute Gasteiger partial charge is 0.0945 e. The molecule has 2 N–H and O–H groups in total. The molecule has 4 heteroatoms. The third-order valence-electron chi connectivity index (χ3n) is 2.21. The number of anilines is 1. The zero-order chi connectivity index (χ0) is 12.8. The van der Waals surface area contributed by atoms with E-state index in [9.17, 15) is 5.11 Å². The number of hydrogen-bond donors (Lipinski definition) is 2. The highest BCUT2D eigenvalue weighted by Gasteiger charge is 2.05. The highest BCUT2D eigenvalue weighted by Crippen LogP contribution is 2.18. The Kier molecular flexibility index (Phi) is 5.95. The number of benzene rings is 1. The van der Waals surface area contributed by atoms with Crippen molar-refractivity contribution in [1.29, 1.82) is 0 Å². The Morgan fingerprint density at radius 2 is 2.06 bits per heavy atom. The van der Waals surface area contributed by atoms with Crippen molar-refractivity contribution >= 4 is 21.6 Å². The molecule has 0 saturated carbocycles. The molecule has 0 amide bonds. The summed E-state index contributed by atoms with van der Waals surface area (Å²) in [4.78, 5) is 0. The maximum absolute atomic E-state index is 9.70. The molecule has 0 saturated heterocycles. The monoisotopic (exact) mass is 301 g/mol.